The number of allylic oxidation sites excluding steroid dienone is 1. The van der Waals surface area contributed by atoms with Crippen LogP contribution < -0.4 is 0 Å². The van der Waals surface area contributed by atoms with Gasteiger partial charge in [0.1, 0.15) is 0 Å². The first-order valence-corrected chi connectivity index (χ1v) is 5.64. The number of carbonyl (C=O) groups is 1. The number of unbranched alkanes of at least 4 members (excludes halogenated alkanes) is 1. The SMILES string of the molecule is CCCCC(CC1COC1)=C(C)C(=O)O. The molecule has 1 aliphatic rings. The van der Waals surface area contributed by atoms with E-state index >= 15 is 0 Å². The standard InChI is InChI=1S/C12H20O3/c1-3-4-5-11(9(2)12(13)14)6-10-7-15-8-10/h10H,3-8H2,1-2H3,(H,13,14). The normalized spacial score (nSPS) is 18.3. The van der Waals surface area contributed by atoms with Crippen molar-refractivity contribution in [3.63, 3.8) is 0 Å². The fourth-order valence-electron chi connectivity index (χ4n) is 1.73. The van der Waals surface area contributed by atoms with E-state index in [4.69, 9.17) is 9.84 Å². The summed E-state index contributed by atoms with van der Waals surface area (Å²) in [5, 5.41) is 8.97. The molecule has 0 amide bonds. The van der Waals surface area contributed by atoms with Crippen molar-refractivity contribution in [2.24, 2.45) is 5.92 Å². The molecule has 1 aliphatic heterocycles. The minimum atomic E-state index is -0.777. The molecule has 0 spiro atoms. The predicted octanol–water partition coefficient (Wildman–Crippen LogP) is 2.61. The zero-order valence-electron chi connectivity index (χ0n) is 9.58. The minimum Gasteiger partial charge on any atom is -0.478 e. The van der Waals surface area contributed by atoms with E-state index in [2.05, 4.69) is 6.92 Å². The van der Waals surface area contributed by atoms with Crippen LogP contribution >= 0.6 is 0 Å². The second-order valence-corrected chi connectivity index (χ2v) is 4.24. The van der Waals surface area contributed by atoms with Gasteiger partial charge in [0.05, 0.1) is 13.2 Å². The third-order valence-corrected chi connectivity index (χ3v) is 2.93. The van der Waals surface area contributed by atoms with Crippen LogP contribution in [0.3, 0.4) is 0 Å². The van der Waals surface area contributed by atoms with Crippen molar-refractivity contribution in [1.82, 2.24) is 0 Å². The molecule has 86 valence electrons. The maximum absolute atomic E-state index is 10.9. The summed E-state index contributed by atoms with van der Waals surface area (Å²) in [5.41, 5.74) is 1.65. The summed E-state index contributed by atoms with van der Waals surface area (Å²) in [6.07, 6.45) is 4.01. The van der Waals surface area contributed by atoms with Crippen LogP contribution in [-0.4, -0.2) is 24.3 Å². The smallest absolute Gasteiger partial charge is 0.331 e. The highest BCUT2D eigenvalue weighted by atomic mass is 16.5. The second kappa shape index (κ2) is 5.91. The van der Waals surface area contributed by atoms with E-state index in [9.17, 15) is 4.79 Å². The van der Waals surface area contributed by atoms with Gasteiger partial charge < -0.3 is 9.84 Å². The van der Waals surface area contributed by atoms with Crippen molar-refractivity contribution in [3.05, 3.63) is 11.1 Å². The average molecular weight is 212 g/mol. The Morgan fingerprint density at radius 3 is 2.53 bits per heavy atom. The van der Waals surface area contributed by atoms with Gasteiger partial charge in [0, 0.05) is 11.5 Å². The summed E-state index contributed by atoms with van der Waals surface area (Å²) in [4.78, 5) is 10.9. The Balaban J connectivity index is 2.58. The van der Waals surface area contributed by atoms with Gasteiger partial charge in [0.2, 0.25) is 0 Å². The van der Waals surface area contributed by atoms with Crippen LogP contribution in [0, 0.1) is 5.92 Å². The highest BCUT2D eigenvalue weighted by molar-refractivity contribution is 5.86. The van der Waals surface area contributed by atoms with Crippen LogP contribution in [-0.2, 0) is 9.53 Å². The fourth-order valence-corrected chi connectivity index (χ4v) is 1.73. The topological polar surface area (TPSA) is 46.5 Å². The predicted molar refractivity (Wildman–Crippen MR) is 58.8 cm³/mol. The van der Waals surface area contributed by atoms with Gasteiger partial charge in [-0.2, -0.15) is 0 Å². The van der Waals surface area contributed by atoms with E-state index in [-0.39, 0.29) is 0 Å². The molecular weight excluding hydrogens is 192 g/mol. The van der Waals surface area contributed by atoms with Gasteiger partial charge in [-0.05, 0) is 26.2 Å². The van der Waals surface area contributed by atoms with E-state index in [1.54, 1.807) is 6.92 Å². The van der Waals surface area contributed by atoms with Crippen LogP contribution in [0.5, 0.6) is 0 Å². The lowest BCUT2D eigenvalue weighted by Crippen LogP contribution is -2.28. The molecule has 0 aromatic heterocycles. The van der Waals surface area contributed by atoms with E-state index < -0.39 is 5.97 Å². The lowest BCUT2D eigenvalue weighted by Gasteiger charge is -2.27. The summed E-state index contributed by atoms with van der Waals surface area (Å²) >= 11 is 0. The lowest BCUT2D eigenvalue weighted by atomic mass is 9.91. The van der Waals surface area contributed by atoms with E-state index in [0.29, 0.717) is 11.5 Å². The van der Waals surface area contributed by atoms with Crippen molar-refractivity contribution in [3.8, 4) is 0 Å². The van der Waals surface area contributed by atoms with Gasteiger partial charge in [0.15, 0.2) is 0 Å². The number of rotatable bonds is 6. The van der Waals surface area contributed by atoms with Crippen molar-refractivity contribution in [2.75, 3.05) is 13.2 Å². The van der Waals surface area contributed by atoms with Gasteiger partial charge in [-0.15, -0.1) is 0 Å². The van der Waals surface area contributed by atoms with Gasteiger partial charge in [0.25, 0.3) is 0 Å². The molecule has 0 aliphatic carbocycles. The summed E-state index contributed by atoms with van der Waals surface area (Å²) in [5.74, 6) is -0.229. The molecule has 15 heavy (non-hydrogen) atoms. The Bertz CT molecular complexity index is 252. The quantitative estimate of drug-likeness (QED) is 0.688. The molecule has 1 rings (SSSR count). The Labute approximate surface area is 91.1 Å². The Hall–Kier alpha value is -0.830. The number of aliphatic carboxylic acids is 1. The van der Waals surface area contributed by atoms with Crippen LogP contribution in [0.4, 0.5) is 0 Å². The molecule has 1 saturated heterocycles. The zero-order chi connectivity index (χ0) is 11.3. The van der Waals surface area contributed by atoms with Crippen molar-refractivity contribution in [1.29, 1.82) is 0 Å². The molecule has 0 unspecified atom stereocenters. The van der Waals surface area contributed by atoms with Crippen molar-refractivity contribution < 1.29 is 14.6 Å². The van der Waals surface area contributed by atoms with Gasteiger partial charge in [-0.25, -0.2) is 4.79 Å². The molecular formula is C12H20O3. The Kier molecular flexibility index (Phi) is 4.82. The van der Waals surface area contributed by atoms with E-state index in [0.717, 1.165) is 44.5 Å². The van der Waals surface area contributed by atoms with Crippen LogP contribution in [0.25, 0.3) is 0 Å². The first-order chi connectivity index (χ1) is 7.15. The number of ether oxygens (including phenoxy) is 1. The monoisotopic (exact) mass is 212 g/mol. The Morgan fingerprint density at radius 2 is 2.13 bits per heavy atom. The zero-order valence-corrected chi connectivity index (χ0v) is 9.58. The van der Waals surface area contributed by atoms with Gasteiger partial charge in [-0.3, -0.25) is 0 Å². The summed E-state index contributed by atoms with van der Waals surface area (Å²) in [7, 11) is 0. The summed E-state index contributed by atoms with van der Waals surface area (Å²) < 4.78 is 5.11. The van der Waals surface area contributed by atoms with E-state index in [1.165, 1.54) is 0 Å². The largest absolute Gasteiger partial charge is 0.478 e. The summed E-state index contributed by atoms with van der Waals surface area (Å²) in [6, 6.07) is 0. The maximum atomic E-state index is 10.9. The molecule has 3 nitrogen and oxygen atoms in total. The molecule has 1 fully saturated rings. The number of carboxylic acids is 1. The molecule has 0 aromatic rings. The molecule has 0 aromatic carbocycles. The molecule has 1 N–H and O–H groups in total. The van der Waals surface area contributed by atoms with Crippen molar-refractivity contribution in [2.45, 2.75) is 39.5 Å². The van der Waals surface area contributed by atoms with Gasteiger partial charge >= 0.3 is 5.97 Å². The van der Waals surface area contributed by atoms with Crippen molar-refractivity contribution >= 4 is 5.97 Å². The molecule has 0 bridgehead atoms. The third kappa shape index (κ3) is 3.67. The second-order valence-electron chi connectivity index (χ2n) is 4.24. The molecule has 3 heteroatoms. The average Bonchev–Trinajstić information content (AvgIpc) is 2.14. The third-order valence-electron chi connectivity index (χ3n) is 2.93. The lowest BCUT2D eigenvalue weighted by molar-refractivity contribution is -0.132. The highest BCUT2D eigenvalue weighted by Crippen LogP contribution is 2.25. The first-order valence-electron chi connectivity index (χ1n) is 5.64. The number of hydrogen-bond acceptors (Lipinski definition) is 2. The van der Waals surface area contributed by atoms with Crippen LogP contribution in [0.2, 0.25) is 0 Å². The van der Waals surface area contributed by atoms with Crippen LogP contribution in [0.1, 0.15) is 39.5 Å². The van der Waals surface area contributed by atoms with Gasteiger partial charge in [-0.1, -0.05) is 18.9 Å². The minimum absolute atomic E-state index is 0.537. The fraction of sp³-hybridized carbons (Fsp3) is 0.750. The molecule has 1 heterocycles. The highest BCUT2D eigenvalue weighted by Gasteiger charge is 2.21. The Morgan fingerprint density at radius 1 is 1.47 bits per heavy atom. The number of carboxylic acid groups (broad SMARTS) is 1. The molecule has 0 radical (unpaired) electrons. The number of hydrogen-bond donors (Lipinski definition) is 1. The summed E-state index contributed by atoms with van der Waals surface area (Å²) in [6.45, 7) is 5.43. The van der Waals surface area contributed by atoms with E-state index in [1.807, 2.05) is 0 Å². The molecule has 0 saturated carbocycles. The molecule has 0 atom stereocenters. The van der Waals surface area contributed by atoms with Crippen LogP contribution in [0.15, 0.2) is 11.1 Å². The first kappa shape index (κ1) is 12.2. The maximum Gasteiger partial charge on any atom is 0.331 e.